The van der Waals surface area contributed by atoms with E-state index < -0.39 is 161 Å². The molecule has 10 aliphatic rings. The molecule has 0 spiro atoms. The topological polar surface area (TPSA) is 519 Å². The van der Waals surface area contributed by atoms with Crippen molar-refractivity contribution in [3.05, 3.63) is 21.8 Å². The number of esters is 11. The number of aliphatic hydroxyl groups is 2. The summed E-state index contributed by atoms with van der Waals surface area (Å²) in [6, 6.07) is 0. The Morgan fingerprint density at radius 1 is 0.550 bits per heavy atom. The molecule has 10 aliphatic heterocycles. The number of fused-ring (bicyclic) bond motifs is 3. The molecule has 10 heterocycles. The molecule has 0 aromatic rings. The van der Waals surface area contributed by atoms with E-state index in [1.54, 1.807) is 48.7 Å². The van der Waals surface area contributed by atoms with E-state index in [1.165, 1.54) is 55.8 Å². The molecule has 0 amide bonds. The summed E-state index contributed by atoms with van der Waals surface area (Å²) in [7, 11) is 14.9. The third-order valence-electron chi connectivity index (χ3n) is 17.0. The third kappa shape index (κ3) is 29.5. The van der Waals surface area contributed by atoms with Crippen molar-refractivity contribution in [3.63, 3.8) is 0 Å². The average molecular weight is 1580 g/mol. The lowest BCUT2D eigenvalue weighted by atomic mass is 9.87. The molecule has 0 aliphatic carbocycles. The molecule has 0 saturated carbocycles. The van der Waals surface area contributed by atoms with Crippen molar-refractivity contribution in [3.8, 4) is 0 Å². The van der Waals surface area contributed by atoms with E-state index in [1.807, 2.05) is 0 Å². The zero-order valence-corrected chi connectivity index (χ0v) is 63.4. The number of ether oxygens (including phenoxy) is 25. The van der Waals surface area contributed by atoms with Gasteiger partial charge in [0, 0.05) is 32.2 Å². The van der Waals surface area contributed by atoms with Gasteiger partial charge in [0.1, 0.15) is 36.4 Å². The lowest BCUT2D eigenvalue weighted by Gasteiger charge is -2.25. The largest absolute Gasteiger partial charge is 0.469 e. The second-order valence-corrected chi connectivity index (χ2v) is 25.4. The number of nitro groups is 1. The van der Waals surface area contributed by atoms with Gasteiger partial charge in [-0.25, -0.2) is 9.59 Å². The first kappa shape index (κ1) is 97.4. The normalized spacial score (nSPS) is 29.0. The lowest BCUT2D eigenvalue weighted by Crippen LogP contribution is -2.44. The molecule has 42 nitrogen and oxygen atoms in total. The molecule has 10 rings (SSSR count). The van der Waals surface area contributed by atoms with Crippen molar-refractivity contribution in [1.29, 1.82) is 0 Å². The number of aldehydes is 1. The Labute approximate surface area is 628 Å². The summed E-state index contributed by atoms with van der Waals surface area (Å²) in [5.74, 6) is -15.1. The fraction of sp³-hybridized carbons (Fsp3) is 0.791. The molecule has 109 heavy (non-hydrogen) atoms. The van der Waals surface area contributed by atoms with E-state index in [2.05, 4.69) is 42.6 Å². The molecule has 10 fully saturated rings. The highest BCUT2D eigenvalue weighted by Crippen LogP contribution is 2.40. The van der Waals surface area contributed by atoms with Gasteiger partial charge in [-0.05, 0) is 54.0 Å². The van der Waals surface area contributed by atoms with Gasteiger partial charge in [-0.3, -0.25) is 53.3 Å². The Kier molecular flexibility index (Phi) is 41.9. The van der Waals surface area contributed by atoms with E-state index in [-0.39, 0.29) is 94.5 Å². The summed E-state index contributed by atoms with van der Waals surface area (Å²) >= 11 is 0. The second-order valence-electron chi connectivity index (χ2n) is 25.4. The molecule has 2 N–H and O–H groups in total. The number of rotatable bonds is 19. The summed E-state index contributed by atoms with van der Waals surface area (Å²) in [5.41, 5.74) is -0.193. The Morgan fingerprint density at radius 2 is 1.04 bits per heavy atom. The number of methoxy groups -OCH3 is 12. The van der Waals surface area contributed by atoms with Crippen LogP contribution in [-0.4, -0.2) is 317 Å². The van der Waals surface area contributed by atoms with Crippen LogP contribution in [-0.2, 0) is 176 Å². The smallest absolute Gasteiger partial charge is 0.345 e. The zero-order chi connectivity index (χ0) is 81.6. The molecule has 0 aromatic carbocycles. The maximum atomic E-state index is 11.8. The van der Waals surface area contributed by atoms with E-state index in [0.29, 0.717) is 26.2 Å². The summed E-state index contributed by atoms with van der Waals surface area (Å²) in [4.78, 5) is 144. The van der Waals surface area contributed by atoms with Crippen LogP contribution in [0.3, 0.4) is 0 Å². The first-order chi connectivity index (χ1) is 50.9. The predicted molar refractivity (Wildman–Crippen MR) is 355 cm³/mol. The van der Waals surface area contributed by atoms with E-state index >= 15 is 0 Å². The van der Waals surface area contributed by atoms with E-state index in [0.717, 1.165) is 47.8 Å². The van der Waals surface area contributed by atoms with Crippen LogP contribution in [0.5, 0.6) is 0 Å². The molecule has 4 unspecified atom stereocenters. The number of nitrogens with zero attached hydrogens (tertiary/aromatic N) is 1. The minimum atomic E-state index is -1.44. The van der Waals surface area contributed by atoms with Crippen LogP contribution < -0.4 is 0 Å². The van der Waals surface area contributed by atoms with Crippen LogP contribution in [0.25, 0.3) is 0 Å². The first-order valence-electron chi connectivity index (χ1n) is 33.3. The van der Waals surface area contributed by atoms with Gasteiger partial charge in [0.2, 0.25) is 6.54 Å². The number of carbonyl (C=O) groups is 12. The summed E-state index contributed by atoms with van der Waals surface area (Å²) in [6.07, 6.45) is -1.92. The maximum absolute atomic E-state index is 11.8. The lowest BCUT2D eigenvalue weighted by molar-refractivity contribution is -0.491. The quantitative estimate of drug-likeness (QED) is 0.0229. The molecule has 0 aromatic heterocycles. The first-order valence-corrected chi connectivity index (χ1v) is 33.3. The minimum Gasteiger partial charge on any atom is -0.469 e. The SMILES string of the molecule is C.CC1(C)OC[C@@H](C=O)O1.COC(=O)C(=C[C@@H]1COC(C)(C)O1)C(=O)OC.COC(=O)C(C(=O)OC)C(C[N+](=O)[O-])[C@@H]1COC(C)(C)O1.COC(=O)C(C(=O)OC)[C@H]1C(OC)OC[C@@H]1O.COC(=O)CC(=O)OC.COC(=O)[C@@H]1C(=O)O[C@H]2COC(OC)[C@@H]12.COC1OC[C@@H]2OC(=O)C[C@H]12.O[C@H]1CO[C@H]2OCC[C@H]21. The molecule has 0 bridgehead atoms. The Bertz CT molecular complexity index is 2940. The van der Waals surface area contributed by atoms with Gasteiger partial charge in [0.05, 0.1) is 165 Å². The maximum Gasteiger partial charge on any atom is 0.345 e. The number of carbonyl (C=O) groups excluding carboxylic acids is 12. The van der Waals surface area contributed by atoms with Crippen LogP contribution in [0, 0.1) is 57.5 Å². The van der Waals surface area contributed by atoms with Crippen molar-refractivity contribution in [2.24, 2.45) is 47.3 Å². The summed E-state index contributed by atoms with van der Waals surface area (Å²) in [5, 5.41) is 29.8. The highest BCUT2D eigenvalue weighted by atomic mass is 16.8. The zero-order valence-electron chi connectivity index (χ0n) is 63.4. The molecule has 624 valence electrons. The number of aliphatic hydroxyl groups excluding tert-OH is 2. The molecular formula is C67H105NO41. The van der Waals surface area contributed by atoms with E-state index in [4.69, 9.17) is 75.8 Å². The summed E-state index contributed by atoms with van der Waals surface area (Å²) in [6.45, 7) is 12.3. The molecule has 17 atom stereocenters. The second kappa shape index (κ2) is 46.9. The van der Waals surface area contributed by atoms with Crippen LogP contribution in [0.4, 0.5) is 0 Å². The van der Waals surface area contributed by atoms with Crippen LogP contribution >= 0.6 is 0 Å². The van der Waals surface area contributed by atoms with Crippen LogP contribution in [0.2, 0.25) is 0 Å². The third-order valence-corrected chi connectivity index (χ3v) is 17.0. The van der Waals surface area contributed by atoms with Gasteiger partial charge in [-0.2, -0.15) is 0 Å². The molecular weight excluding hydrogens is 1470 g/mol. The predicted octanol–water partition coefficient (Wildman–Crippen LogP) is -0.992. The Hall–Kier alpha value is -7.66. The van der Waals surface area contributed by atoms with E-state index in [9.17, 15) is 77.9 Å². The monoisotopic (exact) mass is 1580 g/mol. The van der Waals surface area contributed by atoms with Gasteiger partial charge in [0.25, 0.3) is 0 Å². The average Bonchev–Trinajstić information content (AvgIpc) is 1.63. The van der Waals surface area contributed by atoms with Crippen LogP contribution in [0.1, 0.15) is 68.2 Å². The van der Waals surface area contributed by atoms with Crippen molar-refractivity contribution in [1.82, 2.24) is 0 Å². The van der Waals surface area contributed by atoms with Gasteiger partial charge in [-0.15, -0.1) is 0 Å². The minimum absolute atomic E-state index is 0. The molecule has 0 radical (unpaired) electrons. The Balaban J connectivity index is 0.000000429. The highest BCUT2D eigenvalue weighted by Gasteiger charge is 2.58. The number of hydrogen-bond donors (Lipinski definition) is 2. The Morgan fingerprint density at radius 3 is 1.47 bits per heavy atom. The molecule has 42 heteroatoms. The highest BCUT2D eigenvalue weighted by molar-refractivity contribution is 6.14. The van der Waals surface area contributed by atoms with Gasteiger partial charge in [0.15, 0.2) is 66.6 Å². The molecule has 10 saturated heterocycles. The van der Waals surface area contributed by atoms with Crippen molar-refractivity contribution >= 4 is 71.9 Å². The number of hydrogen-bond acceptors (Lipinski definition) is 41. The standard InChI is InChI=1S/C12H19NO8.C11H16O6.C10H16O7.C9H12O6.C7H10O4.2C6H10O3.C5H8O4.CH4/c1-12(2)20-6-8(21-12)7(5-13(16)17)9(10(14)18-3)11(15)19-4;1-11(2)16-6-7(17-11)5-8(9(12)14-3)10(13)15-4;1-14-8(12)7(9(13)15-2)6-5(11)4-17-10(6)16-3;1-12-7(10)6-5-4(15-8(6)11)3-14-9(5)13-2;1-9-7-4-2-6(8)11-5(4)3-10-7;7-5-3-9-6-4(5)1-2-8-6;1-6(2)8-4-5(3-7)9-6;1-8-4(6)3-5(7)9-2;/h7-9H,5-6H2,1-4H3;5,7H,6H2,1-4H3;5-7,10-11H,4H2,1-3H3;4-6,9H,3H2,1-2H3;4-5,7H,2-3H2,1H3;4-7H,1-3H2;3,5H,4H2,1-2H3;3H2,1-2H3;1H4/t7?,8-;7-;5-,6-,10?;4-,5+,6+,9?;4-,5-,7?;4-,5-,6+;5-;;/m0100001../s1. The van der Waals surface area contributed by atoms with Crippen LogP contribution in [0.15, 0.2) is 11.6 Å². The van der Waals surface area contributed by atoms with Gasteiger partial charge >= 0.3 is 65.7 Å². The van der Waals surface area contributed by atoms with Gasteiger partial charge < -0.3 is 133 Å². The summed E-state index contributed by atoms with van der Waals surface area (Å²) < 4.78 is 123. The van der Waals surface area contributed by atoms with Crippen molar-refractivity contribution in [2.75, 3.05) is 145 Å². The fourth-order valence-electron chi connectivity index (χ4n) is 11.7. The fourth-order valence-corrected chi connectivity index (χ4v) is 11.7. The van der Waals surface area contributed by atoms with Crippen molar-refractivity contribution in [2.45, 2.75) is 153 Å². The van der Waals surface area contributed by atoms with Crippen molar-refractivity contribution < 1.29 is 191 Å². The van der Waals surface area contributed by atoms with Gasteiger partial charge in [-0.1, -0.05) is 7.43 Å².